The first-order valence-corrected chi connectivity index (χ1v) is 11.0. The van der Waals surface area contributed by atoms with Gasteiger partial charge in [-0.25, -0.2) is 0 Å². The zero-order valence-corrected chi connectivity index (χ0v) is 18.3. The lowest BCUT2D eigenvalue weighted by molar-refractivity contribution is -0.139. The largest absolute Gasteiger partial charge is 0.497 e. The number of hydrogen-bond acceptors (Lipinski definition) is 5. The highest BCUT2D eigenvalue weighted by molar-refractivity contribution is 8.00. The van der Waals surface area contributed by atoms with E-state index < -0.39 is 5.97 Å². The monoisotopic (exact) mass is 450 g/mol. The Kier molecular flexibility index (Phi) is 6.44. The average Bonchev–Trinajstić information content (AvgIpc) is 2.80. The van der Waals surface area contributed by atoms with Gasteiger partial charge in [-0.3, -0.25) is 9.59 Å². The Labute approximate surface area is 189 Å². The van der Waals surface area contributed by atoms with Crippen LogP contribution in [-0.4, -0.2) is 31.2 Å². The van der Waals surface area contributed by atoms with Gasteiger partial charge in [-0.1, -0.05) is 54.1 Å². The van der Waals surface area contributed by atoms with Crippen LogP contribution in [0.1, 0.15) is 10.4 Å². The first kappa shape index (κ1) is 21.2. The SMILES string of the molecule is COc1ccc2cc(C(=O)COC(=O)CSc3cccc4cccc(Cl)c34)ccc2c1. The normalized spacial score (nSPS) is 10.9. The molecule has 0 atom stereocenters. The van der Waals surface area contributed by atoms with Crippen LogP contribution in [0.15, 0.2) is 77.7 Å². The third-order valence-corrected chi connectivity index (χ3v) is 6.24. The van der Waals surface area contributed by atoms with Crippen LogP contribution in [0.2, 0.25) is 5.02 Å². The molecule has 31 heavy (non-hydrogen) atoms. The molecule has 0 fully saturated rings. The Morgan fingerprint density at radius 1 is 0.903 bits per heavy atom. The average molecular weight is 451 g/mol. The van der Waals surface area contributed by atoms with Crippen molar-refractivity contribution in [2.24, 2.45) is 0 Å². The molecular weight excluding hydrogens is 432 g/mol. The van der Waals surface area contributed by atoms with Gasteiger partial charge in [0.05, 0.1) is 12.9 Å². The van der Waals surface area contributed by atoms with Gasteiger partial charge < -0.3 is 9.47 Å². The van der Waals surface area contributed by atoms with Gasteiger partial charge in [-0.2, -0.15) is 0 Å². The van der Waals surface area contributed by atoms with Crippen molar-refractivity contribution >= 4 is 56.7 Å². The van der Waals surface area contributed by atoms with Gasteiger partial charge in [0, 0.05) is 20.9 Å². The van der Waals surface area contributed by atoms with Crippen LogP contribution in [0.5, 0.6) is 5.75 Å². The molecule has 4 rings (SSSR count). The minimum atomic E-state index is -0.451. The summed E-state index contributed by atoms with van der Waals surface area (Å²) in [5.41, 5.74) is 0.499. The predicted molar refractivity (Wildman–Crippen MR) is 125 cm³/mol. The van der Waals surface area contributed by atoms with Crippen molar-refractivity contribution in [2.45, 2.75) is 4.90 Å². The lowest BCUT2D eigenvalue weighted by Gasteiger charge is -2.09. The predicted octanol–water partition coefficient (Wildman–Crippen LogP) is 6.17. The molecule has 0 unspecified atom stereocenters. The number of ether oxygens (including phenoxy) is 2. The third-order valence-electron chi connectivity index (χ3n) is 4.89. The smallest absolute Gasteiger partial charge is 0.316 e. The third kappa shape index (κ3) is 4.84. The van der Waals surface area contributed by atoms with Gasteiger partial charge in [-0.05, 0) is 46.5 Å². The summed E-state index contributed by atoms with van der Waals surface area (Å²) in [5.74, 6) is 0.150. The van der Waals surface area contributed by atoms with Crippen LogP contribution in [-0.2, 0) is 9.53 Å². The standard InChI is InChI=1S/C25H19ClO4S/c1-29-20-11-10-17-12-19(9-8-18(17)13-20)22(27)14-30-24(28)15-31-23-7-3-5-16-4-2-6-21(26)25(16)23/h2-13H,14-15H2,1H3. The van der Waals surface area contributed by atoms with Crippen LogP contribution >= 0.6 is 23.4 Å². The first-order chi connectivity index (χ1) is 15.0. The van der Waals surface area contributed by atoms with Crippen molar-refractivity contribution in [1.29, 1.82) is 0 Å². The van der Waals surface area contributed by atoms with Crippen LogP contribution in [0.3, 0.4) is 0 Å². The van der Waals surface area contributed by atoms with E-state index in [0.29, 0.717) is 10.6 Å². The summed E-state index contributed by atoms with van der Waals surface area (Å²) in [4.78, 5) is 25.6. The van der Waals surface area contributed by atoms with E-state index in [4.69, 9.17) is 21.1 Å². The molecule has 0 saturated heterocycles. The second-order valence-electron chi connectivity index (χ2n) is 6.89. The summed E-state index contributed by atoms with van der Waals surface area (Å²) >= 11 is 7.67. The number of Topliss-reactive ketones (excluding diaryl/α,β-unsaturated/α-hetero) is 1. The first-order valence-electron chi connectivity index (χ1n) is 9.62. The fourth-order valence-corrected chi connectivity index (χ4v) is 4.56. The van der Waals surface area contributed by atoms with Gasteiger partial charge in [-0.15, -0.1) is 11.8 Å². The molecule has 0 radical (unpaired) electrons. The number of methoxy groups -OCH3 is 1. The van der Waals surface area contributed by atoms with E-state index in [-0.39, 0.29) is 18.1 Å². The zero-order chi connectivity index (χ0) is 21.8. The summed E-state index contributed by atoms with van der Waals surface area (Å²) in [7, 11) is 1.61. The Morgan fingerprint density at radius 2 is 1.65 bits per heavy atom. The second-order valence-corrected chi connectivity index (χ2v) is 8.32. The van der Waals surface area contributed by atoms with Crippen LogP contribution in [0, 0.1) is 0 Å². The highest BCUT2D eigenvalue weighted by atomic mass is 35.5. The Hall–Kier alpha value is -3.02. The number of rotatable bonds is 7. The number of fused-ring (bicyclic) bond motifs is 2. The van der Waals surface area contributed by atoms with Gasteiger partial charge in [0.2, 0.25) is 0 Å². The molecule has 0 aromatic heterocycles. The number of benzene rings is 4. The topological polar surface area (TPSA) is 52.6 Å². The summed E-state index contributed by atoms with van der Waals surface area (Å²) in [6.07, 6.45) is 0. The number of thioether (sulfide) groups is 1. The highest BCUT2D eigenvalue weighted by Gasteiger charge is 2.13. The number of carbonyl (C=O) groups excluding carboxylic acids is 2. The number of carbonyl (C=O) groups is 2. The minimum Gasteiger partial charge on any atom is -0.497 e. The van der Waals surface area contributed by atoms with Gasteiger partial charge in [0.25, 0.3) is 0 Å². The number of esters is 1. The fourth-order valence-electron chi connectivity index (χ4n) is 3.31. The van der Waals surface area contributed by atoms with Crippen LogP contribution < -0.4 is 4.74 Å². The Bertz CT molecular complexity index is 1280. The highest BCUT2D eigenvalue weighted by Crippen LogP contribution is 2.33. The molecule has 0 spiro atoms. The van der Waals surface area contributed by atoms with Crippen molar-refractivity contribution in [2.75, 3.05) is 19.5 Å². The summed E-state index contributed by atoms with van der Waals surface area (Å²) in [5, 5.41) is 4.45. The Morgan fingerprint density at radius 3 is 2.45 bits per heavy atom. The molecule has 4 nitrogen and oxygen atoms in total. The molecule has 6 heteroatoms. The van der Waals surface area contributed by atoms with Crippen molar-refractivity contribution < 1.29 is 19.1 Å². The van der Waals surface area contributed by atoms with Crippen molar-refractivity contribution in [3.63, 3.8) is 0 Å². The van der Waals surface area contributed by atoms with E-state index in [2.05, 4.69) is 0 Å². The molecule has 0 N–H and O–H groups in total. The summed E-state index contributed by atoms with van der Waals surface area (Å²) in [6, 6.07) is 22.5. The molecule has 0 amide bonds. The molecular formula is C25H19ClO4S. The van der Waals surface area contributed by atoms with E-state index in [1.54, 1.807) is 19.2 Å². The number of ketones is 1. The van der Waals surface area contributed by atoms with Gasteiger partial charge in [0.15, 0.2) is 12.4 Å². The molecule has 0 aliphatic carbocycles. The van der Waals surface area contributed by atoms with Gasteiger partial charge >= 0.3 is 5.97 Å². The zero-order valence-electron chi connectivity index (χ0n) is 16.8. The molecule has 4 aromatic rings. The molecule has 4 aromatic carbocycles. The lowest BCUT2D eigenvalue weighted by Crippen LogP contribution is -2.15. The number of hydrogen-bond donors (Lipinski definition) is 0. The minimum absolute atomic E-state index is 0.0924. The van der Waals surface area contributed by atoms with Crippen molar-refractivity contribution in [3.8, 4) is 5.75 Å². The number of halogens is 1. The van der Waals surface area contributed by atoms with E-state index in [9.17, 15) is 9.59 Å². The maximum Gasteiger partial charge on any atom is 0.316 e. The van der Waals surface area contributed by atoms with E-state index in [1.807, 2.05) is 60.7 Å². The fraction of sp³-hybridized carbons (Fsp3) is 0.120. The summed E-state index contributed by atoms with van der Waals surface area (Å²) in [6.45, 7) is -0.294. The molecule has 0 bridgehead atoms. The Balaban J connectivity index is 1.37. The van der Waals surface area contributed by atoms with Crippen molar-refractivity contribution in [3.05, 3.63) is 83.4 Å². The lowest BCUT2D eigenvalue weighted by atomic mass is 10.0. The molecule has 0 aliphatic heterocycles. The molecule has 0 heterocycles. The van der Waals surface area contributed by atoms with E-state index in [0.717, 1.165) is 32.2 Å². The molecule has 156 valence electrons. The van der Waals surface area contributed by atoms with E-state index in [1.165, 1.54) is 11.8 Å². The maximum atomic E-state index is 12.5. The quantitative estimate of drug-likeness (QED) is 0.191. The van der Waals surface area contributed by atoms with Gasteiger partial charge in [0.1, 0.15) is 5.75 Å². The van der Waals surface area contributed by atoms with Crippen molar-refractivity contribution in [1.82, 2.24) is 0 Å². The second kappa shape index (κ2) is 9.41. The molecule has 0 aliphatic rings. The maximum absolute atomic E-state index is 12.5. The van der Waals surface area contributed by atoms with Crippen LogP contribution in [0.25, 0.3) is 21.5 Å². The van der Waals surface area contributed by atoms with E-state index >= 15 is 0 Å². The summed E-state index contributed by atoms with van der Waals surface area (Å²) < 4.78 is 10.4. The van der Waals surface area contributed by atoms with Crippen LogP contribution in [0.4, 0.5) is 0 Å². The molecule has 0 saturated carbocycles.